The smallest absolute Gasteiger partial charge is 0.271 e. The van der Waals surface area contributed by atoms with Gasteiger partial charge in [-0.2, -0.15) is 0 Å². The van der Waals surface area contributed by atoms with Gasteiger partial charge in [0.15, 0.2) is 5.60 Å². The van der Waals surface area contributed by atoms with E-state index < -0.39 is 5.60 Å². The van der Waals surface area contributed by atoms with E-state index in [2.05, 4.69) is 10.6 Å². The number of anilines is 2. The minimum Gasteiger partial charge on any atom is -0.492 e. The number of hydrogen-bond acceptors (Lipinski definition) is 5. The van der Waals surface area contributed by atoms with E-state index in [0.29, 0.717) is 35.0 Å². The minimum atomic E-state index is -1.15. The number of carbonyl (C=O) groups is 3. The van der Waals surface area contributed by atoms with E-state index in [-0.39, 0.29) is 30.3 Å². The van der Waals surface area contributed by atoms with Crippen LogP contribution in [0.4, 0.5) is 11.4 Å². The van der Waals surface area contributed by atoms with Crippen molar-refractivity contribution in [2.45, 2.75) is 58.1 Å². The molecule has 8 nitrogen and oxygen atoms in total. The van der Waals surface area contributed by atoms with Crippen molar-refractivity contribution in [1.82, 2.24) is 5.32 Å². The zero-order valence-corrected chi connectivity index (χ0v) is 19.8. The van der Waals surface area contributed by atoms with Gasteiger partial charge in [0.25, 0.3) is 11.8 Å². The lowest BCUT2D eigenvalue weighted by atomic mass is 10.0. The second-order valence-corrected chi connectivity index (χ2v) is 9.12. The van der Waals surface area contributed by atoms with Crippen molar-refractivity contribution in [3.63, 3.8) is 0 Å². The summed E-state index contributed by atoms with van der Waals surface area (Å²) in [6.07, 6.45) is 4.17. The van der Waals surface area contributed by atoms with Crippen molar-refractivity contribution >= 4 is 29.1 Å². The number of nitrogens with zero attached hydrogens (tertiary/aromatic N) is 1. The monoisotopic (exact) mass is 465 g/mol. The van der Waals surface area contributed by atoms with Gasteiger partial charge in [-0.15, -0.1) is 0 Å². The zero-order chi connectivity index (χ0) is 24.3. The van der Waals surface area contributed by atoms with Crippen LogP contribution in [0.2, 0.25) is 0 Å². The zero-order valence-electron chi connectivity index (χ0n) is 19.8. The highest BCUT2D eigenvalue weighted by atomic mass is 16.5. The summed E-state index contributed by atoms with van der Waals surface area (Å²) >= 11 is 0. The number of ether oxygens (including phenoxy) is 2. The molecule has 0 bridgehead atoms. The third kappa shape index (κ3) is 5.00. The number of nitrogens with one attached hydrogen (secondary N) is 2. The van der Waals surface area contributed by atoms with E-state index in [1.807, 2.05) is 13.0 Å². The Hall–Kier alpha value is -3.55. The van der Waals surface area contributed by atoms with Crippen molar-refractivity contribution < 1.29 is 23.9 Å². The molecule has 1 saturated carbocycles. The predicted molar refractivity (Wildman–Crippen MR) is 129 cm³/mol. The van der Waals surface area contributed by atoms with Crippen LogP contribution in [0.25, 0.3) is 0 Å². The van der Waals surface area contributed by atoms with E-state index in [4.69, 9.17) is 9.47 Å². The quantitative estimate of drug-likeness (QED) is 0.647. The molecule has 0 atom stereocenters. The number of rotatable bonds is 7. The molecule has 0 aromatic heterocycles. The van der Waals surface area contributed by atoms with Crippen molar-refractivity contribution in [3.8, 4) is 11.5 Å². The highest BCUT2D eigenvalue weighted by Gasteiger charge is 2.42. The average molecular weight is 466 g/mol. The lowest BCUT2D eigenvalue weighted by Gasteiger charge is -2.38. The largest absolute Gasteiger partial charge is 0.492 e. The van der Waals surface area contributed by atoms with Crippen LogP contribution in [0.5, 0.6) is 11.5 Å². The lowest BCUT2D eigenvalue weighted by Crippen LogP contribution is -2.54. The number of benzene rings is 2. The van der Waals surface area contributed by atoms with Crippen LogP contribution in [0.15, 0.2) is 42.5 Å². The Kier molecular flexibility index (Phi) is 6.77. The van der Waals surface area contributed by atoms with Crippen LogP contribution >= 0.6 is 0 Å². The van der Waals surface area contributed by atoms with Gasteiger partial charge >= 0.3 is 0 Å². The van der Waals surface area contributed by atoms with Crippen LogP contribution in [-0.2, 0) is 9.59 Å². The van der Waals surface area contributed by atoms with Crippen LogP contribution in [0.1, 0.15) is 56.8 Å². The van der Waals surface area contributed by atoms with Crippen molar-refractivity contribution in [2.75, 3.05) is 23.4 Å². The summed E-state index contributed by atoms with van der Waals surface area (Å²) < 4.78 is 11.5. The summed E-state index contributed by atoms with van der Waals surface area (Å²) in [4.78, 5) is 40.4. The molecule has 2 aromatic carbocycles. The molecule has 2 aromatic rings. The maximum Gasteiger partial charge on any atom is 0.271 e. The number of hydrogen-bond donors (Lipinski definition) is 2. The first-order valence-electron chi connectivity index (χ1n) is 11.8. The first-order valence-corrected chi connectivity index (χ1v) is 11.8. The summed E-state index contributed by atoms with van der Waals surface area (Å²) in [5, 5.41) is 5.89. The van der Waals surface area contributed by atoms with Gasteiger partial charge in [-0.3, -0.25) is 19.3 Å². The second kappa shape index (κ2) is 9.75. The Labute approximate surface area is 199 Å². The van der Waals surface area contributed by atoms with Gasteiger partial charge in [-0.05, 0) is 63.9 Å². The number of amides is 3. The molecule has 34 heavy (non-hydrogen) atoms. The molecule has 8 heteroatoms. The van der Waals surface area contributed by atoms with E-state index in [1.54, 1.807) is 50.2 Å². The fraction of sp³-hybridized carbons (Fsp3) is 0.423. The van der Waals surface area contributed by atoms with Crippen molar-refractivity contribution in [3.05, 3.63) is 48.0 Å². The fourth-order valence-electron chi connectivity index (χ4n) is 4.39. The van der Waals surface area contributed by atoms with E-state index in [9.17, 15) is 14.4 Å². The molecule has 1 heterocycles. The Morgan fingerprint density at radius 3 is 2.62 bits per heavy atom. The van der Waals surface area contributed by atoms with Gasteiger partial charge in [-0.25, -0.2) is 0 Å². The molecule has 180 valence electrons. The standard InChI is InChI=1S/C26H31N3O5/c1-4-33-21-12-8-7-11-19(21)28-23(30)16-29-20-15-17(24(31)27-18-9-5-6-10-18)13-14-22(20)34-26(2,3)25(29)32/h7-8,11-15,18H,4-6,9-10,16H2,1-3H3,(H,27,31)(H,28,30). The van der Waals surface area contributed by atoms with Crippen molar-refractivity contribution in [2.24, 2.45) is 0 Å². The summed E-state index contributed by atoms with van der Waals surface area (Å²) in [7, 11) is 0. The van der Waals surface area contributed by atoms with Crippen LogP contribution in [0.3, 0.4) is 0 Å². The summed E-state index contributed by atoms with van der Waals surface area (Å²) in [6, 6.07) is 12.3. The molecule has 3 amide bonds. The van der Waals surface area contributed by atoms with E-state index >= 15 is 0 Å². The minimum absolute atomic E-state index is 0.174. The van der Waals surface area contributed by atoms with Crippen LogP contribution < -0.4 is 25.0 Å². The SMILES string of the molecule is CCOc1ccccc1NC(=O)CN1C(=O)C(C)(C)Oc2ccc(C(=O)NC3CCCC3)cc21. The molecule has 4 rings (SSSR count). The number of fused-ring (bicyclic) bond motifs is 1. The highest BCUT2D eigenvalue weighted by Crippen LogP contribution is 2.38. The average Bonchev–Trinajstić information content (AvgIpc) is 3.31. The lowest BCUT2D eigenvalue weighted by molar-refractivity contribution is -0.133. The number of para-hydroxylation sites is 2. The molecule has 0 saturated heterocycles. The van der Waals surface area contributed by atoms with Crippen LogP contribution in [0, 0.1) is 0 Å². The Morgan fingerprint density at radius 1 is 1.15 bits per heavy atom. The fourth-order valence-corrected chi connectivity index (χ4v) is 4.39. The molecular weight excluding hydrogens is 434 g/mol. The van der Waals surface area contributed by atoms with Gasteiger partial charge in [0, 0.05) is 11.6 Å². The third-order valence-electron chi connectivity index (χ3n) is 6.09. The summed E-state index contributed by atoms with van der Waals surface area (Å²) in [6.45, 7) is 5.42. The Morgan fingerprint density at radius 2 is 1.88 bits per heavy atom. The van der Waals surface area contributed by atoms with E-state index in [0.717, 1.165) is 25.7 Å². The first kappa shape index (κ1) is 23.6. The highest BCUT2D eigenvalue weighted by molar-refractivity contribution is 6.09. The normalized spacial score (nSPS) is 17.0. The van der Waals surface area contributed by atoms with Crippen molar-refractivity contribution in [1.29, 1.82) is 0 Å². The molecule has 0 unspecified atom stereocenters. The number of carbonyl (C=O) groups excluding carboxylic acids is 3. The third-order valence-corrected chi connectivity index (χ3v) is 6.09. The topological polar surface area (TPSA) is 97.0 Å². The molecule has 1 aliphatic carbocycles. The summed E-state index contributed by atoms with van der Waals surface area (Å²) in [5.74, 6) is 0.0661. The van der Waals surface area contributed by atoms with Gasteiger partial charge in [-0.1, -0.05) is 25.0 Å². The van der Waals surface area contributed by atoms with E-state index in [1.165, 1.54) is 4.90 Å². The van der Waals surface area contributed by atoms with Gasteiger partial charge in [0.2, 0.25) is 5.91 Å². The Balaban J connectivity index is 1.57. The summed E-state index contributed by atoms with van der Waals surface area (Å²) in [5.41, 5.74) is 0.203. The van der Waals surface area contributed by atoms with Gasteiger partial charge < -0.3 is 20.1 Å². The van der Waals surface area contributed by atoms with Gasteiger partial charge in [0.1, 0.15) is 18.0 Å². The molecule has 1 aliphatic heterocycles. The molecule has 2 N–H and O–H groups in total. The first-order chi connectivity index (χ1) is 16.3. The maximum absolute atomic E-state index is 13.2. The molecule has 2 aliphatic rings. The predicted octanol–water partition coefficient (Wildman–Crippen LogP) is 3.90. The molecule has 0 radical (unpaired) electrons. The maximum atomic E-state index is 13.2. The van der Waals surface area contributed by atoms with Gasteiger partial charge in [0.05, 0.1) is 18.0 Å². The van der Waals surface area contributed by atoms with Crippen LogP contribution in [-0.4, -0.2) is 42.5 Å². The molecule has 0 spiro atoms. The second-order valence-electron chi connectivity index (χ2n) is 9.12. The molecular formula is C26H31N3O5. The Bertz CT molecular complexity index is 1090. The molecule has 1 fully saturated rings.